The van der Waals surface area contributed by atoms with Crippen LogP contribution in [0, 0.1) is 0 Å². The minimum absolute atomic E-state index is 0.0337. The highest BCUT2D eigenvalue weighted by Gasteiger charge is 2.36. The first kappa shape index (κ1) is 29.4. The number of hydrogen-bond donors (Lipinski definition) is 4. The van der Waals surface area contributed by atoms with E-state index in [4.69, 9.17) is 5.11 Å². The summed E-state index contributed by atoms with van der Waals surface area (Å²) in [5, 5.41) is 25.1. The molecule has 2 amide bonds. The molecule has 0 saturated heterocycles. The average molecular weight is 590 g/mol. The summed E-state index contributed by atoms with van der Waals surface area (Å²) in [7, 11) is 1.63. The quantitative estimate of drug-likeness (QED) is 0.315. The molecule has 220 valence electrons. The van der Waals surface area contributed by atoms with Crippen LogP contribution in [0.15, 0.2) is 58.7 Å². The van der Waals surface area contributed by atoms with Crippen molar-refractivity contribution in [3.05, 3.63) is 90.8 Å². The number of allylic oxidation sites excluding steroid dienone is 2. The zero-order valence-electron chi connectivity index (χ0n) is 24.2. The number of nitrogens with zero attached hydrogens (tertiary/aromatic N) is 3. The van der Waals surface area contributed by atoms with Gasteiger partial charge in [0.25, 0.3) is 17.4 Å². The lowest BCUT2D eigenvalue weighted by Gasteiger charge is -2.28. The van der Waals surface area contributed by atoms with Gasteiger partial charge in [0.05, 0.1) is 30.3 Å². The number of amides is 2. The first-order valence-corrected chi connectivity index (χ1v) is 14.7. The molecule has 3 aromatic rings. The number of aliphatic hydroxyl groups excluding tert-OH is 2. The Kier molecular flexibility index (Phi) is 8.18. The topological polar surface area (TPSA) is 137 Å². The van der Waals surface area contributed by atoms with Crippen LogP contribution in [0.2, 0.25) is 0 Å². The Hall–Kier alpha value is -4.06. The van der Waals surface area contributed by atoms with Crippen molar-refractivity contribution in [2.24, 2.45) is 7.05 Å². The number of thiophene rings is 1. The van der Waals surface area contributed by atoms with Crippen molar-refractivity contribution >= 4 is 40.2 Å². The maximum Gasteiger partial charge on any atom is 0.293 e. The number of nitrogens with one attached hydrogen (secondary N) is 2. The number of hydrogen-bond acceptors (Lipinski definition) is 8. The second-order valence-electron chi connectivity index (χ2n) is 11.4. The van der Waals surface area contributed by atoms with E-state index in [1.807, 2.05) is 6.08 Å². The maximum atomic E-state index is 13.5. The fraction of sp³-hybridized carbons (Fsp3) is 0.355. The van der Waals surface area contributed by atoms with Gasteiger partial charge < -0.3 is 30.3 Å². The molecular weight excluding hydrogens is 554 g/mol. The van der Waals surface area contributed by atoms with E-state index in [-0.39, 0.29) is 48.4 Å². The summed E-state index contributed by atoms with van der Waals surface area (Å²) in [6.07, 6.45) is 4.89. The molecule has 0 saturated carbocycles. The molecule has 0 radical (unpaired) electrons. The fourth-order valence-corrected chi connectivity index (χ4v) is 6.31. The zero-order valence-corrected chi connectivity index (χ0v) is 25.0. The second kappa shape index (κ2) is 11.7. The Morgan fingerprint density at radius 2 is 1.88 bits per heavy atom. The minimum atomic E-state index is -0.344. The van der Waals surface area contributed by atoms with E-state index in [0.717, 1.165) is 16.1 Å². The fourth-order valence-electron chi connectivity index (χ4n) is 5.13. The molecule has 0 atom stereocenters. The smallest absolute Gasteiger partial charge is 0.293 e. The van der Waals surface area contributed by atoms with Crippen LogP contribution >= 0.6 is 11.3 Å². The lowest BCUT2D eigenvalue weighted by Crippen LogP contribution is -2.27. The number of carbonyl (C=O) groups excluding carboxylic acids is 2. The highest BCUT2D eigenvalue weighted by Crippen LogP contribution is 2.41. The van der Waals surface area contributed by atoms with Crippen molar-refractivity contribution < 1.29 is 19.8 Å². The van der Waals surface area contributed by atoms with Gasteiger partial charge in [-0.3, -0.25) is 14.4 Å². The molecule has 2 aliphatic rings. The third-order valence-corrected chi connectivity index (χ3v) is 8.95. The summed E-state index contributed by atoms with van der Waals surface area (Å²) in [5.41, 5.74) is 4.20. The van der Waals surface area contributed by atoms with Gasteiger partial charge in [-0.05, 0) is 54.2 Å². The van der Waals surface area contributed by atoms with E-state index in [2.05, 4.69) is 42.5 Å². The van der Waals surface area contributed by atoms with Gasteiger partial charge in [0.15, 0.2) is 5.82 Å². The van der Waals surface area contributed by atoms with E-state index in [0.29, 0.717) is 47.5 Å². The standard InChI is InChI=1S/C31H35N5O5S/c1-31(2,3)25-14-19-15-36(29(40)26(19)42-25)24-7-5-6-21(22(24)17-38)23-16-35(4)30(41)27(34-23)33-20-10-8-18(9-11-20)28(39)32-12-13-37/h6,8-11,14,16,37-38H,5,7,12-13,15,17H2,1-4H3,(H,32,39)(H,33,34). The third kappa shape index (κ3) is 5.67. The highest BCUT2D eigenvalue weighted by atomic mass is 32.1. The molecule has 0 fully saturated rings. The summed E-state index contributed by atoms with van der Waals surface area (Å²) in [5.74, 6) is -0.264. The predicted octanol–water partition coefficient (Wildman–Crippen LogP) is 3.68. The molecule has 5 rings (SSSR count). The van der Waals surface area contributed by atoms with E-state index in [9.17, 15) is 19.5 Å². The Labute approximate surface area is 248 Å². The lowest BCUT2D eigenvalue weighted by atomic mass is 9.92. The zero-order chi connectivity index (χ0) is 30.2. The summed E-state index contributed by atoms with van der Waals surface area (Å²) >= 11 is 1.54. The van der Waals surface area contributed by atoms with Crippen molar-refractivity contribution in [2.75, 3.05) is 25.1 Å². The van der Waals surface area contributed by atoms with Crippen LogP contribution < -0.4 is 16.2 Å². The molecular formula is C31H35N5O5S. The van der Waals surface area contributed by atoms with Crippen LogP contribution in [-0.4, -0.2) is 56.2 Å². The molecule has 42 heavy (non-hydrogen) atoms. The van der Waals surface area contributed by atoms with Crippen molar-refractivity contribution in [1.82, 2.24) is 19.8 Å². The molecule has 3 heterocycles. The SMILES string of the molecule is Cn1cc(C2=CCCC(N3Cc4cc(C(C)(C)C)sc4C3=O)=C2CO)nc(Nc2ccc(C(=O)NCCO)cc2)c1=O. The van der Waals surface area contributed by atoms with Crippen LogP contribution in [-0.2, 0) is 19.0 Å². The normalized spacial score (nSPS) is 15.1. The number of aliphatic hydroxyl groups is 2. The molecule has 0 unspecified atom stereocenters. The van der Waals surface area contributed by atoms with Gasteiger partial charge in [-0.1, -0.05) is 26.8 Å². The summed E-state index contributed by atoms with van der Waals surface area (Å²) in [6, 6.07) is 8.69. The van der Waals surface area contributed by atoms with Crippen LogP contribution in [0.5, 0.6) is 0 Å². The number of benzene rings is 1. The molecule has 0 spiro atoms. The molecule has 10 nitrogen and oxygen atoms in total. The molecule has 1 aliphatic carbocycles. The first-order chi connectivity index (χ1) is 20.0. The largest absolute Gasteiger partial charge is 0.395 e. The molecule has 1 aromatic carbocycles. The minimum Gasteiger partial charge on any atom is -0.395 e. The van der Waals surface area contributed by atoms with Crippen molar-refractivity contribution in [3.63, 3.8) is 0 Å². The number of aryl methyl sites for hydroxylation is 1. The number of anilines is 2. The van der Waals surface area contributed by atoms with Gasteiger partial charge >= 0.3 is 0 Å². The number of carbonyl (C=O) groups is 2. The van der Waals surface area contributed by atoms with Gasteiger partial charge in [-0.25, -0.2) is 4.98 Å². The lowest BCUT2D eigenvalue weighted by molar-refractivity contribution is 0.0822. The average Bonchev–Trinajstić information content (AvgIpc) is 3.53. The molecule has 11 heteroatoms. The first-order valence-electron chi connectivity index (χ1n) is 13.8. The highest BCUT2D eigenvalue weighted by molar-refractivity contribution is 7.14. The van der Waals surface area contributed by atoms with Gasteiger partial charge in [-0.15, -0.1) is 11.3 Å². The molecule has 0 bridgehead atoms. The number of rotatable bonds is 8. The summed E-state index contributed by atoms with van der Waals surface area (Å²) in [6.45, 7) is 6.61. The monoisotopic (exact) mass is 589 g/mol. The molecule has 4 N–H and O–H groups in total. The van der Waals surface area contributed by atoms with E-state index < -0.39 is 0 Å². The molecule has 2 aromatic heterocycles. The Morgan fingerprint density at radius 1 is 1.14 bits per heavy atom. The Morgan fingerprint density at radius 3 is 2.52 bits per heavy atom. The van der Waals surface area contributed by atoms with Gasteiger partial charge in [0.2, 0.25) is 0 Å². The van der Waals surface area contributed by atoms with Crippen molar-refractivity contribution in [1.29, 1.82) is 0 Å². The van der Waals surface area contributed by atoms with Crippen LogP contribution in [0.3, 0.4) is 0 Å². The van der Waals surface area contributed by atoms with Crippen LogP contribution in [0.25, 0.3) is 5.57 Å². The van der Waals surface area contributed by atoms with E-state index in [1.165, 1.54) is 9.44 Å². The van der Waals surface area contributed by atoms with E-state index >= 15 is 0 Å². The maximum absolute atomic E-state index is 13.5. The van der Waals surface area contributed by atoms with Crippen LogP contribution in [0.1, 0.15) is 69.8 Å². The Balaban J connectivity index is 1.42. The Bertz CT molecular complexity index is 1660. The number of fused-ring (bicyclic) bond motifs is 1. The van der Waals surface area contributed by atoms with Gasteiger partial charge in [-0.2, -0.15) is 0 Å². The summed E-state index contributed by atoms with van der Waals surface area (Å²) < 4.78 is 1.43. The van der Waals surface area contributed by atoms with Crippen molar-refractivity contribution in [2.45, 2.75) is 45.6 Å². The van der Waals surface area contributed by atoms with E-state index in [1.54, 1.807) is 53.7 Å². The summed E-state index contributed by atoms with van der Waals surface area (Å²) in [4.78, 5) is 47.0. The van der Waals surface area contributed by atoms with Gasteiger partial charge in [0.1, 0.15) is 0 Å². The van der Waals surface area contributed by atoms with Crippen molar-refractivity contribution in [3.8, 4) is 0 Å². The number of aromatic nitrogens is 2. The molecule has 1 aliphatic heterocycles. The van der Waals surface area contributed by atoms with Crippen LogP contribution in [0.4, 0.5) is 11.5 Å². The predicted molar refractivity (Wildman–Crippen MR) is 163 cm³/mol. The second-order valence-corrected chi connectivity index (χ2v) is 12.5. The third-order valence-electron chi connectivity index (χ3n) is 7.36. The van der Waals surface area contributed by atoms with Gasteiger partial charge in [0, 0.05) is 52.8 Å².